The fraction of sp³-hybridized carbons (Fsp3) is 0.963. The predicted octanol–water partition coefficient (Wildman–Crippen LogP) is 0.497. The maximum atomic E-state index is 11.6. The van der Waals surface area contributed by atoms with Gasteiger partial charge in [0.15, 0.2) is 0 Å². The quantitative estimate of drug-likeness (QED) is 0.389. The van der Waals surface area contributed by atoms with Gasteiger partial charge in [-0.2, -0.15) is 0 Å². The van der Waals surface area contributed by atoms with Gasteiger partial charge in [-0.15, -0.1) is 0 Å². The van der Waals surface area contributed by atoms with Crippen LogP contribution < -0.4 is 29.6 Å². The zero-order valence-electron chi connectivity index (χ0n) is 23.1. The van der Waals surface area contributed by atoms with E-state index < -0.39 is 5.97 Å². The topological polar surface area (TPSA) is 101 Å². The van der Waals surface area contributed by atoms with Gasteiger partial charge in [0.1, 0.15) is 0 Å². The Morgan fingerprint density at radius 2 is 1.79 bits per heavy atom. The van der Waals surface area contributed by atoms with Crippen molar-refractivity contribution >= 4 is 5.97 Å². The number of aliphatic carboxylic acids is 1. The molecule has 4 aliphatic carbocycles. The number of likely N-dealkylation sites (N-methyl/N-ethyl adjacent to an activating group) is 1. The molecule has 4 fully saturated rings. The zero-order valence-corrected chi connectivity index (χ0v) is 24.1. The predicted molar refractivity (Wildman–Crippen MR) is 129 cm³/mol. The number of carbonyl (C=O) groups is 1. The molecule has 0 unspecified atom stereocenters. The first-order valence-corrected chi connectivity index (χ1v) is 13.4. The number of aliphatic hydroxyl groups is 3. The summed E-state index contributed by atoms with van der Waals surface area (Å²) in [5, 5.41) is 42.3. The van der Waals surface area contributed by atoms with Crippen LogP contribution in [0.1, 0.15) is 80.0 Å². The molecule has 34 heavy (non-hydrogen) atoms. The van der Waals surface area contributed by atoms with E-state index in [0.717, 1.165) is 64.3 Å². The van der Waals surface area contributed by atoms with Crippen LogP contribution in [0, 0.1) is 46.3 Å². The minimum Gasteiger partial charge on any atom is -1.00 e. The van der Waals surface area contributed by atoms with Crippen LogP contribution in [-0.2, 0) is 4.79 Å². The van der Waals surface area contributed by atoms with Crippen LogP contribution in [0.2, 0.25) is 0 Å². The number of nitrogens with zero attached hydrogens (tertiary/aromatic N) is 1. The Hall–Kier alpha value is 0.310. The van der Waals surface area contributed by atoms with Crippen molar-refractivity contribution in [3.05, 3.63) is 0 Å². The van der Waals surface area contributed by atoms with Crippen LogP contribution in [-0.4, -0.2) is 69.7 Å². The molecule has 6 nitrogen and oxygen atoms in total. The molecule has 7 heteroatoms. The maximum absolute atomic E-state index is 11.6. The second kappa shape index (κ2) is 11.0. The van der Waals surface area contributed by atoms with Crippen LogP contribution in [0.3, 0.4) is 0 Å². The van der Waals surface area contributed by atoms with E-state index in [4.69, 9.17) is 5.11 Å². The third kappa shape index (κ3) is 5.04. The molecule has 4 saturated carbocycles. The number of hydrogen-bond acceptors (Lipinski definition) is 5. The molecule has 0 saturated heterocycles. The molecule has 0 aromatic carbocycles. The molecule has 11 atom stereocenters. The molecule has 0 bridgehead atoms. The molecular formula is C27H48NNaO5. The third-order valence-corrected chi connectivity index (χ3v) is 11.1. The average Bonchev–Trinajstić information content (AvgIpc) is 3.08. The summed E-state index contributed by atoms with van der Waals surface area (Å²) in [5.74, 6) is 1.43. The molecule has 0 amide bonds. The molecule has 4 N–H and O–H groups in total. The Morgan fingerprint density at radius 1 is 1.09 bits per heavy atom. The Labute approximate surface area is 229 Å². The summed E-state index contributed by atoms with van der Waals surface area (Å²) in [4.78, 5) is 12.8. The molecule has 0 aliphatic heterocycles. The maximum Gasteiger partial charge on any atom is 1.00 e. The van der Waals surface area contributed by atoms with Crippen molar-refractivity contribution in [2.45, 2.75) is 96.9 Å². The molecule has 0 heterocycles. The summed E-state index contributed by atoms with van der Waals surface area (Å²) in [6.45, 7) is 7.85. The summed E-state index contributed by atoms with van der Waals surface area (Å²) >= 11 is 0. The van der Waals surface area contributed by atoms with E-state index >= 15 is 0 Å². The molecular weight excluding hydrogens is 441 g/mol. The van der Waals surface area contributed by atoms with Crippen LogP contribution >= 0.6 is 0 Å². The van der Waals surface area contributed by atoms with Crippen molar-refractivity contribution in [1.29, 1.82) is 0 Å². The van der Waals surface area contributed by atoms with Gasteiger partial charge in [-0.05, 0) is 118 Å². The summed E-state index contributed by atoms with van der Waals surface area (Å²) in [6.07, 6.45) is 7.52. The Balaban J connectivity index is 0.00000216. The number of carboxylic acid groups (broad SMARTS) is 1. The van der Waals surface area contributed by atoms with Gasteiger partial charge in [0.05, 0.1) is 24.9 Å². The van der Waals surface area contributed by atoms with Gasteiger partial charge in [0.2, 0.25) is 0 Å². The van der Waals surface area contributed by atoms with Gasteiger partial charge in [0, 0.05) is 0 Å². The van der Waals surface area contributed by atoms with Gasteiger partial charge in [-0.1, -0.05) is 20.8 Å². The molecule has 4 aliphatic rings. The molecule has 0 spiro atoms. The summed E-state index contributed by atoms with van der Waals surface area (Å²) in [6, 6.07) is 0. The van der Waals surface area contributed by atoms with E-state index in [2.05, 4.69) is 20.8 Å². The smallest absolute Gasteiger partial charge is 1.00 e. The zero-order chi connectivity index (χ0) is 24.1. The van der Waals surface area contributed by atoms with Crippen LogP contribution in [0.5, 0.6) is 0 Å². The largest absolute Gasteiger partial charge is 1.00 e. The first-order chi connectivity index (χ1) is 15.5. The standard InChI is InChI=1S/C27H47NO5.Na.H/c1-16(6-5-11-28(4)15-24(32)33)19-7-8-20-25-21(14-23(31)27(19,20)3)26(2)10-9-18(29)12-17(26)13-22(25)30;;/h16-23,25,29-31H,5-15H2,1-4H3,(H,32,33);;/q;+1;-1/t16-,17+,18-,19-,20+,21+,22-,23+,25+,26+,27-;;/m1../s1. The van der Waals surface area contributed by atoms with E-state index in [-0.39, 0.29) is 72.6 Å². The number of aliphatic hydroxyl groups excluding tert-OH is 3. The first kappa shape index (κ1) is 28.9. The SMILES string of the molecule is C[C@H](CCCN(C)CC(=O)O)[C@H]1CC[C@H]2[C@@H]3[C@H](O)C[C@@H]4C[C@H](O)CC[C@]4(C)[C@H]3C[C@H](O)[C@]12C.[H-].[Na+]. The number of fused-ring (bicyclic) bond motifs is 5. The van der Waals surface area contributed by atoms with Crippen LogP contribution in [0.15, 0.2) is 0 Å². The normalized spacial score (nSPS) is 46.7. The fourth-order valence-corrected chi connectivity index (χ4v) is 9.33. The minimum absolute atomic E-state index is 0. The minimum atomic E-state index is -0.786. The van der Waals surface area contributed by atoms with Crippen molar-refractivity contribution in [1.82, 2.24) is 4.90 Å². The van der Waals surface area contributed by atoms with Crippen molar-refractivity contribution in [3.8, 4) is 0 Å². The number of rotatable bonds is 7. The van der Waals surface area contributed by atoms with Crippen molar-refractivity contribution in [2.24, 2.45) is 46.3 Å². The van der Waals surface area contributed by atoms with Crippen molar-refractivity contribution < 1.29 is 56.2 Å². The summed E-state index contributed by atoms with van der Waals surface area (Å²) in [7, 11) is 1.86. The monoisotopic (exact) mass is 489 g/mol. The van der Waals surface area contributed by atoms with Gasteiger partial charge < -0.3 is 21.9 Å². The number of carboxylic acids is 1. The molecule has 0 aromatic heterocycles. The fourth-order valence-electron chi connectivity index (χ4n) is 9.33. The molecule has 192 valence electrons. The first-order valence-electron chi connectivity index (χ1n) is 13.4. The van der Waals surface area contributed by atoms with Gasteiger partial charge in [-0.3, -0.25) is 9.69 Å². The second-order valence-corrected chi connectivity index (χ2v) is 12.8. The Kier molecular flexibility index (Phi) is 9.31. The van der Waals surface area contributed by atoms with Crippen molar-refractivity contribution in [2.75, 3.05) is 20.1 Å². The Morgan fingerprint density at radius 3 is 2.47 bits per heavy atom. The summed E-state index contributed by atoms with van der Waals surface area (Å²) < 4.78 is 0. The van der Waals surface area contributed by atoms with Gasteiger partial charge >= 0.3 is 35.5 Å². The van der Waals surface area contributed by atoms with Gasteiger partial charge in [-0.25, -0.2) is 0 Å². The van der Waals surface area contributed by atoms with E-state index in [1.165, 1.54) is 0 Å². The van der Waals surface area contributed by atoms with E-state index in [9.17, 15) is 20.1 Å². The van der Waals surface area contributed by atoms with E-state index in [0.29, 0.717) is 29.6 Å². The van der Waals surface area contributed by atoms with E-state index in [1.54, 1.807) is 0 Å². The number of hydrogen-bond donors (Lipinski definition) is 4. The second-order valence-electron chi connectivity index (χ2n) is 12.8. The van der Waals surface area contributed by atoms with E-state index in [1.807, 2.05) is 11.9 Å². The van der Waals surface area contributed by atoms with Gasteiger partial charge in [0.25, 0.3) is 0 Å². The van der Waals surface area contributed by atoms with Crippen LogP contribution in [0.4, 0.5) is 0 Å². The average molecular weight is 490 g/mol. The Bertz CT molecular complexity index is 730. The molecule has 4 rings (SSSR count). The van der Waals surface area contributed by atoms with Crippen molar-refractivity contribution in [3.63, 3.8) is 0 Å². The summed E-state index contributed by atoms with van der Waals surface area (Å²) in [5.41, 5.74) is -0.0459. The molecule has 0 radical (unpaired) electrons. The van der Waals surface area contributed by atoms with Crippen LogP contribution in [0.25, 0.3) is 0 Å². The third-order valence-electron chi connectivity index (χ3n) is 11.1. The molecule has 0 aromatic rings.